The summed E-state index contributed by atoms with van der Waals surface area (Å²) < 4.78 is 25.3. The van der Waals surface area contributed by atoms with Crippen LogP contribution in [0.25, 0.3) is 0 Å². The molecule has 0 aromatic rings. The van der Waals surface area contributed by atoms with E-state index in [9.17, 15) is 8.42 Å². The van der Waals surface area contributed by atoms with Crippen molar-refractivity contribution in [2.24, 2.45) is 5.41 Å². The molecule has 0 saturated heterocycles. The zero-order valence-corrected chi connectivity index (χ0v) is 13.9. The van der Waals surface area contributed by atoms with Gasteiger partial charge in [0.15, 0.2) is 0 Å². The van der Waals surface area contributed by atoms with Gasteiger partial charge in [-0.05, 0) is 44.9 Å². The summed E-state index contributed by atoms with van der Waals surface area (Å²) in [5, 5.41) is 3.54. The molecule has 1 fully saturated rings. The van der Waals surface area contributed by atoms with Crippen LogP contribution < -0.4 is 10.0 Å². The highest BCUT2D eigenvalue weighted by Gasteiger charge is 2.27. The Labute approximate surface area is 118 Å². The fourth-order valence-electron chi connectivity index (χ4n) is 2.80. The summed E-state index contributed by atoms with van der Waals surface area (Å²) in [5.74, 6) is 0. The summed E-state index contributed by atoms with van der Waals surface area (Å²) in [6.07, 6.45) is 7.37. The predicted octanol–water partition coefficient (Wildman–Crippen LogP) is 2.26. The molecule has 19 heavy (non-hydrogen) atoms. The molecule has 0 aliphatic heterocycles. The molecular weight excluding hydrogens is 260 g/mol. The van der Waals surface area contributed by atoms with Gasteiger partial charge in [0.25, 0.3) is 0 Å². The van der Waals surface area contributed by atoms with Crippen molar-refractivity contribution in [3.63, 3.8) is 0 Å². The Morgan fingerprint density at radius 2 is 1.84 bits per heavy atom. The maximum absolute atomic E-state index is 11.3. The quantitative estimate of drug-likeness (QED) is 0.764. The van der Waals surface area contributed by atoms with Gasteiger partial charge in [0.2, 0.25) is 10.0 Å². The molecule has 114 valence electrons. The zero-order valence-electron chi connectivity index (χ0n) is 13.0. The molecule has 0 aromatic heterocycles. The van der Waals surface area contributed by atoms with E-state index >= 15 is 0 Å². The Morgan fingerprint density at radius 1 is 1.21 bits per heavy atom. The molecule has 1 rings (SSSR count). The molecule has 1 saturated carbocycles. The van der Waals surface area contributed by atoms with Crippen LogP contribution in [0.2, 0.25) is 0 Å². The van der Waals surface area contributed by atoms with Crippen molar-refractivity contribution < 1.29 is 8.42 Å². The summed E-state index contributed by atoms with van der Waals surface area (Å²) in [6.45, 7) is 9.18. The number of rotatable bonds is 5. The Kier molecular flexibility index (Phi) is 5.43. The van der Waals surface area contributed by atoms with Crippen molar-refractivity contribution in [3.05, 3.63) is 0 Å². The molecule has 2 N–H and O–H groups in total. The topological polar surface area (TPSA) is 58.2 Å². The molecule has 0 aromatic carbocycles. The molecule has 1 aliphatic rings. The monoisotopic (exact) mass is 290 g/mol. The molecule has 1 atom stereocenters. The van der Waals surface area contributed by atoms with Crippen molar-refractivity contribution in [2.45, 2.75) is 71.4 Å². The molecule has 0 spiro atoms. The number of sulfonamides is 1. The highest BCUT2D eigenvalue weighted by atomic mass is 32.2. The third kappa shape index (κ3) is 7.28. The maximum Gasteiger partial charge on any atom is 0.209 e. The van der Waals surface area contributed by atoms with Crippen LogP contribution in [0.5, 0.6) is 0 Å². The highest BCUT2D eigenvalue weighted by Crippen LogP contribution is 2.33. The molecule has 4 nitrogen and oxygen atoms in total. The van der Waals surface area contributed by atoms with Gasteiger partial charge < -0.3 is 5.32 Å². The summed E-state index contributed by atoms with van der Waals surface area (Å²) in [5.41, 5.74) is 0.0202. The summed E-state index contributed by atoms with van der Waals surface area (Å²) in [4.78, 5) is 0. The molecule has 0 radical (unpaired) electrons. The van der Waals surface area contributed by atoms with Crippen LogP contribution in [0, 0.1) is 5.41 Å². The van der Waals surface area contributed by atoms with Gasteiger partial charge in [-0.1, -0.05) is 20.3 Å². The smallest absolute Gasteiger partial charge is 0.209 e. The second-order valence-electron chi connectivity index (χ2n) is 7.43. The third-order valence-corrected chi connectivity index (χ3v) is 4.79. The first-order valence-corrected chi connectivity index (χ1v) is 9.11. The van der Waals surface area contributed by atoms with E-state index in [4.69, 9.17) is 0 Å². The minimum absolute atomic E-state index is 0.435. The lowest BCUT2D eigenvalue weighted by atomic mass is 9.85. The average molecular weight is 290 g/mol. The van der Waals surface area contributed by atoms with Gasteiger partial charge in [0.05, 0.1) is 6.26 Å². The minimum Gasteiger partial charge on any atom is -0.312 e. The van der Waals surface area contributed by atoms with Crippen molar-refractivity contribution in [1.29, 1.82) is 0 Å². The maximum atomic E-state index is 11.3. The fraction of sp³-hybridized carbons (Fsp3) is 1.00. The second kappa shape index (κ2) is 6.10. The van der Waals surface area contributed by atoms with Crippen molar-refractivity contribution in [3.8, 4) is 0 Å². The Bertz CT molecular complexity index is 388. The van der Waals surface area contributed by atoms with Crippen LogP contribution in [0.1, 0.15) is 59.8 Å². The van der Waals surface area contributed by atoms with E-state index in [-0.39, 0.29) is 0 Å². The molecule has 1 unspecified atom stereocenters. The van der Waals surface area contributed by atoms with Crippen LogP contribution in [0.15, 0.2) is 0 Å². The van der Waals surface area contributed by atoms with Crippen LogP contribution >= 0.6 is 0 Å². The van der Waals surface area contributed by atoms with E-state index in [0.717, 1.165) is 0 Å². The van der Waals surface area contributed by atoms with E-state index in [2.05, 4.69) is 23.9 Å². The fourth-order valence-corrected chi connectivity index (χ4v) is 3.88. The lowest BCUT2D eigenvalue weighted by Crippen LogP contribution is -2.51. The Hall–Kier alpha value is -0.130. The van der Waals surface area contributed by atoms with Crippen molar-refractivity contribution in [1.82, 2.24) is 10.0 Å². The molecule has 0 heterocycles. The van der Waals surface area contributed by atoms with Crippen molar-refractivity contribution in [2.75, 3.05) is 12.8 Å². The first-order chi connectivity index (χ1) is 8.49. The summed E-state index contributed by atoms with van der Waals surface area (Å²) in [6, 6.07) is 0.516. The Balaban J connectivity index is 2.44. The van der Waals surface area contributed by atoms with E-state index in [1.807, 2.05) is 13.8 Å². The lowest BCUT2D eigenvalue weighted by Gasteiger charge is -2.28. The molecule has 0 bridgehead atoms. The number of nitrogens with one attached hydrogen (secondary N) is 2. The zero-order chi connectivity index (χ0) is 14.7. The normalized spacial score (nSPS) is 25.0. The van der Waals surface area contributed by atoms with Gasteiger partial charge in [-0.25, -0.2) is 13.1 Å². The molecular formula is C14H30N2O2S. The standard InChI is InChI=1S/C14H30N2O2S/c1-13(2)9-6-7-12(8-10-13)15-11-14(3,4)16-19(5,17)18/h12,15-16H,6-11H2,1-5H3. The van der Waals surface area contributed by atoms with Gasteiger partial charge in [-0.2, -0.15) is 0 Å². The van der Waals surface area contributed by atoms with Crippen LogP contribution in [0.4, 0.5) is 0 Å². The summed E-state index contributed by atoms with van der Waals surface area (Å²) >= 11 is 0. The van der Waals surface area contributed by atoms with Gasteiger partial charge >= 0.3 is 0 Å². The van der Waals surface area contributed by atoms with Crippen LogP contribution in [-0.4, -0.2) is 32.8 Å². The van der Waals surface area contributed by atoms with Crippen molar-refractivity contribution >= 4 is 10.0 Å². The average Bonchev–Trinajstić information content (AvgIpc) is 2.33. The first-order valence-electron chi connectivity index (χ1n) is 7.22. The van der Waals surface area contributed by atoms with E-state index in [1.54, 1.807) is 0 Å². The molecule has 1 aliphatic carbocycles. The molecule has 0 amide bonds. The third-order valence-electron chi connectivity index (χ3n) is 3.87. The largest absolute Gasteiger partial charge is 0.312 e. The number of hydrogen-bond donors (Lipinski definition) is 2. The minimum atomic E-state index is -3.15. The van der Waals surface area contributed by atoms with E-state index in [1.165, 1.54) is 38.4 Å². The van der Waals surface area contributed by atoms with E-state index in [0.29, 0.717) is 18.0 Å². The van der Waals surface area contributed by atoms with Gasteiger partial charge in [0.1, 0.15) is 0 Å². The lowest BCUT2D eigenvalue weighted by molar-refractivity contribution is 0.306. The Morgan fingerprint density at radius 3 is 2.42 bits per heavy atom. The highest BCUT2D eigenvalue weighted by molar-refractivity contribution is 7.88. The first kappa shape index (κ1) is 16.9. The van der Waals surface area contributed by atoms with E-state index < -0.39 is 15.6 Å². The van der Waals surface area contributed by atoms with Gasteiger partial charge in [0, 0.05) is 18.1 Å². The number of hydrogen-bond acceptors (Lipinski definition) is 3. The van der Waals surface area contributed by atoms with Gasteiger partial charge in [-0.3, -0.25) is 0 Å². The predicted molar refractivity (Wildman–Crippen MR) is 80.7 cm³/mol. The second-order valence-corrected chi connectivity index (χ2v) is 9.18. The SMILES string of the molecule is CC1(C)CCCC(NCC(C)(C)NS(C)(=O)=O)CC1. The molecule has 5 heteroatoms. The van der Waals surface area contributed by atoms with Gasteiger partial charge in [-0.15, -0.1) is 0 Å². The van der Waals surface area contributed by atoms with Crippen LogP contribution in [0.3, 0.4) is 0 Å². The summed E-state index contributed by atoms with van der Waals surface area (Å²) in [7, 11) is -3.15. The van der Waals surface area contributed by atoms with Crippen LogP contribution in [-0.2, 0) is 10.0 Å².